The van der Waals surface area contributed by atoms with Gasteiger partial charge in [-0.25, -0.2) is 4.79 Å². The van der Waals surface area contributed by atoms with Crippen molar-refractivity contribution in [2.24, 2.45) is 0 Å². The number of fused-ring (bicyclic) bond motifs is 1. The quantitative estimate of drug-likeness (QED) is 0.756. The number of para-hydroxylation sites is 1. The van der Waals surface area contributed by atoms with Gasteiger partial charge in [-0.1, -0.05) is 25.1 Å². The van der Waals surface area contributed by atoms with Crippen LogP contribution in [0.25, 0.3) is 11.0 Å². The van der Waals surface area contributed by atoms with Crippen LogP contribution in [0.5, 0.6) is 0 Å². The first kappa shape index (κ1) is 17.1. The number of carbonyl (C=O) groups is 1. The molecule has 0 spiro atoms. The molecule has 0 aliphatic heterocycles. The van der Waals surface area contributed by atoms with Gasteiger partial charge in [0.15, 0.2) is 5.52 Å². The Balaban J connectivity index is 2.00. The lowest BCUT2D eigenvalue weighted by Crippen LogP contribution is -2.41. The van der Waals surface area contributed by atoms with Crippen LogP contribution >= 0.6 is 11.5 Å². The fourth-order valence-corrected chi connectivity index (χ4v) is 3.32. The van der Waals surface area contributed by atoms with Crippen LogP contribution in [-0.4, -0.2) is 19.4 Å². The highest BCUT2D eigenvalue weighted by atomic mass is 32.1. The molecule has 0 aliphatic carbocycles. The van der Waals surface area contributed by atoms with Gasteiger partial charge in [0.25, 0.3) is 5.56 Å². The van der Waals surface area contributed by atoms with E-state index < -0.39 is 11.2 Å². The van der Waals surface area contributed by atoms with Crippen LogP contribution < -0.4 is 16.6 Å². The predicted molar refractivity (Wildman–Crippen MR) is 98.2 cm³/mol. The van der Waals surface area contributed by atoms with Crippen LogP contribution in [0.1, 0.15) is 18.9 Å². The number of benzene rings is 1. The summed E-state index contributed by atoms with van der Waals surface area (Å²) in [6.45, 7) is 3.90. The van der Waals surface area contributed by atoms with E-state index in [4.69, 9.17) is 0 Å². The van der Waals surface area contributed by atoms with Crippen LogP contribution in [0.2, 0.25) is 0 Å². The number of hydrogen-bond donors (Lipinski definition) is 1. The number of rotatable bonds is 5. The molecule has 0 unspecified atom stereocenters. The van der Waals surface area contributed by atoms with E-state index in [9.17, 15) is 14.4 Å². The lowest BCUT2D eigenvalue weighted by molar-refractivity contribution is -0.116. The van der Waals surface area contributed by atoms with E-state index >= 15 is 0 Å². The topological polar surface area (TPSA) is 86.0 Å². The van der Waals surface area contributed by atoms with Crippen molar-refractivity contribution in [1.29, 1.82) is 0 Å². The molecule has 3 rings (SSSR count). The number of anilines is 1. The van der Waals surface area contributed by atoms with Crippen molar-refractivity contribution < 1.29 is 4.79 Å². The normalized spacial score (nSPS) is 11.0. The van der Waals surface area contributed by atoms with E-state index in [1.807, 2.05) is 32.0 Å². The van der Waals surface area contributed by atoms with Crippen molar-refractivity contribution in [2.75, 3.05) is 5.32 Å². The number of nitrogens with zero attached hydrogens (tertiary/aromatic N) is 3. The molecule has 0 bridgehead atoms. The molecule has 130 valence electrons. The minimum Gasteiger partial charge on any atom is -0.324 e. The second kappa shape index (κ2) is 7.02. The summed E-state index contributed by atoms with van der Waals surface area (Å²) in [6.07, 6.45) is 0.639. The minimum atomic E-state index is -0.487. The summed E-state index contributed by atoms with van der Waals surface area (Å²) < 4.78 is 6.54. The molecule has 2 heterocycles. The van der Waals surface area contributed by atoms with Gasteiger partial charge in [-0.3, -0.25) is 18.7 Å². The van der Waals surface area contributed by atoms with Gasteiger partial charge in [0, 0.05) is 17.6 Å². The highest BCUT2D eigenvalue weighted by Crippen LogP contribution is 2.14. The van der Waals surface area contributed by atoms with Crippen molar-refractivity contribution in [1.82, 2.24) is 13.5 Å². The lowest BCUT2D eigenvalue weighted by Gasteiger charge is -2.12. The fraction of sp³-hybridized carbons (Fsp3) is 0.294. The summed E-state index contributed by atoms with van der Waals surface area (Å²) in [5.41, 5.74) is 1.36. The van der Waals surface area contributed by atoms with Crippen LogP contribution in [0, 0.1) is 6.92 Å². The summed E-state index contributed by atoms with van der Waals surface area (Å²) >= 11 is 1.10. The fourth-order valence-electron chi connectivity index (χ4n) is 2.66. The molecule has 2 aromatic heterocycles. The maximum atomic E-state index is 12.7. The number of hydrogen-bond acceptors (Lipinski definition) is 5. The highest BCUT2D eigenvalue weighted by Gasteiger charge is 2.17. The number of carbonyl (C=O) groups excluding carboxylic acids is 1. The van der Waals surface area contributed by atoms with Gasteiger partial charge in [-0.05, 0) is 36.5 Å². The summed E-state index contributed by atoms with van der Waals surface area (Å²) in [4.78, 5) is 37.5. The summed E-state index contributed by atoms with van der Waals surface area (Å²) in [7, 11) is 0. The van der Waals surface area contributed by atoms with E-state index in [0.717, 1.165) is 21.7 Å². The van der Waals surface area contributed by atoms with Crippen molar-refractivity contribution in [3.8, 4) is 0 Å². The Hall–Kier alpha value is -2.74. The SMILES string of the molecule is CCCn1c(=O)c2nscc2n(CC(=O)Nc2ccccc2C)c1=O. The Bertz CT molecular complexity index is 1050. The standard InChI is InChI=1S/C17H18N4O3S/c1-3-8-20-16(23)15-13(10-25-19-15)21(17(20)24)9-14(22)18-12-7-5-4-6-11(12)2/h4-7,10H,3,8-9H2,1-2H3,(H,18,22). The maximum absolute atomic E-state index is 12.7. The zero-order valence-electron chi connectivity index (χ0n) is 14.0. The van der Waals surface area contributed by atoms with Gasteiger partial charge in [-0.2, -0.15) is 4.37 Å². The Morgan fingerprint density at radius 2 is 2.00 bits per heavy atom. The molecule has 0 fully saturated rings. The zero-order valence-corrected chi connectivity index (χ0v) is 14.8. The smallest absolute Gasteiger partial charge is 0.324 e. The van der Waals surface area contributed by atoms with E-state index in [2.05, 4.69) is 9.69 Å². The van der Waals surface area contributed by atoms with Crippen LogP contribution in [0.15, 0.2) is 39.2 Å². The first-order valence-electron chi connectivity index (χ1n) is 7.96. The van der Waals surface area contributed by atoms with Crippen molar-refractivity contribution in [2.45, 2.75) is 33.4 Å². The number of aryl methyl sites for hydroxylation is 1. The van der Waals surface area contributed by atoms with Gasteiger partial charge in [0.2, 0.25) is 5.91 Å². The molecule has 7 nitrogen and oxygen atoms in total. The van der Waals surface area contributed by atoms with Crippen molar-refractivity contribution >= 4 is 34.2 Å². The maximum Gasteiger partial charge on any atom is 0.332 e. The molecule has 0 aliphatic rings. The second-order valence-corrected chi connectivity index (χ2v) is 6.37. The number of amides is 1. The molecular formula is C17H18N4O3S. The molecular weight excluding hydrogens is 340 g/mol. The lowest BCUT2D eigenvalue weighted by atomic mass is 10.2. The van der Waals surface area contributed by atoms with Crippen LogP contribution in [-0.2, 0) is 17.9 Å². The molecule has 0 radical (unpaired) electrons. The molecule has 3 aromatic rings. The predicted octanol–water partition coefficient (Wildman–Crippen LogP) is 1.98. The van der Waals surface area contributed by atoms with Gasteiger partial charge < -0.3 is 5.32 Å². The third-order valence-corrected chi connectivity index (χ3v) is 4.54. The van der Waals surface area contributed by atoms with Crippen LogP contribution in [0.4, 0.5) is 5.69 Å². The van der Waals surface area contributed by atoms with E-state index in [1.54, 1.807) is 11.4 Å². The Morgan fingerprint density at radius 1 is 1.24 bits per heavy atom. The van der Waals surface area contributed by atoms with E-state index in [-0.39, 0.29) is 18.0 Å². The first-order chi connectivity index (χ1) is 12.0. The molecule has 0 saturated heterocycles. The Labute approximate surface area is 147 Å². The van der Waals surface area contributed by atoms with Crippen LogP contribution in [0.3, 0.4) is 0 Å². The summed E-state index contributed by atoms with van der Waals surface area (Å²) in [5, 5.41) is 4.43. The molecule has 1 aromatic carbocycles. The molecule has 8 heteroatoms. The number of nitrogens with one attached hydrogen (secondary N) is 1. The molecule has 25 heavy (non-hydrogen) atoms. The Kier molecular flexibility index (Phi) is 4.80. The molecule has 1 amide bonds. The first-order valence-corrected chi connectivity index (χ1v) is 8.79. The summed E-state index contributed by atoms with van der Waals surface area (Å²) in [6, 6.07) is 7.41. The summed E-state index contributed by atoms with van der Waals surface area (Å²) in [5.74, 6) is -0.328. The average molecular weight is 358 g/mol. The zero-order chi connectivity index (χ0) is 18.0. The molecule has 0 saturated carbocycles. The van der Waals surface area contributed by atoms with Gasteiger partial charge in [0.1, 0.15) is 6.54 Å². The van der Waals surface area contributed by atoms with E-state index in [1.165, 1.54) is 4.57 Å². The van der Waals surface area contributed by atoms with E-state index in [0.29, 0.717) is 24.2 Å². The van der Waals surface area contributed by atoms with Gasteiger partial charge >= 0.3 is 5.69 Å². The molecule has 0 atom stereocenters. The van der Waals surface area contributed by atoms with Gasteiger partial charge in [-0.15, -0.1) is 0 Å². The second-order valence-electron chi connectivity index (χ2n) is 5.74. The monoisotopic (exact) mass is 358 g/mol. The van der Waals surface area contributed by atoms with Gasteiger partial charge in [0.05, 0.1) is 5.52 Å². The van der Waals surface area contributed by atoms with Crippen molar-refractivity contribution in [3.05, 3.63) is 56.0 Å². The third kappa shape index (κ3) is 3.25. The third-order valence-electron chi connectivity index (χ3n) is 3.92. The average Bonchev–Trinajstić information content (AvgIpc) is 3.07. The number of aromatic nitrogens is 3. The minimum absolute atomic E-state index is 0.175. The Morgan fingerprint density at radius 3 is 2.72 bits per heavy atom. The van der Waals surface area contributed by atoms with Crippen molar-refractivity contribution in [3.63, 3.8) is 0 Å². The largest absolute Gasteiger partial charge is 0.332 e. The molecule has 1 N–H and O–H groups in total. The highest BCUT2D eigenvalue weighted by molar-refractivity contribution is 7.04.